The maximum Gasteiger partial charge on any atom is 0.160 e. The average molecular weight is 250 g/mol. The van der Waals surface area contributed by atoms with Crippen molar-refractivity contribution in [2.24, 2.45) is 0 Å². The van der Waals surface area contributed by atoms with Gasteiger partial charge in [0.25, 0.3) is 0 Å². The van der Waals surface area contributed by atoms with Gasteiger partial charge in [-0.3, -0.25) is 0 Å². The number of aromatic hydroxyl groups is 1. The third-order valence-electron chi connectivity index (χ3n) is 2.69. The summed E-state index contributed by atoms with van der Waals surface area (Å²) in [5.74, 6) is -0.886. The number of methoxy groups -OCH3 is 1. The summed E-state index contributed by atoms with van der Waals surface area (Å²) in [7, 11) is 1.42. The van der Waals surface area contributed by atoms with Crippen molar-refractivity contribution in [2.75, 3.05) is 7.11 Å². The summed E-state index contributed by atoms with van der Waals surface area (Å²) in [5, 5.41) is 9.44. The minimum atomic E-state index is -0.581. The second-order valence-electron chi connectivity index (χ2n) is 3.88. The molecule has 0 unspecified atom stereocenters. The molecule has 0 aliphatic carbocycles. The normalized spacial score (nSPS) is 10.4. The lowest BCUT2D eigenvalue weighted by Gasteiger charge is -2.08. The molecule has 0 aliphatic heterocycles. The summed E-state index contributed by atoms with van der Waals surface area (Å²) in [4.78, 5) is 0. The van der Waals surface area contributed by atoms with Gasteiger partial charge in [0.2, 0.25) is 0 Å². The molecule has 2 aromatic rings. The Morgan fingerprint density at radius 1 is 1.11 bits per heavy atom. The third kappa shape index (κ3) is 2.42. The van der Waals surface area contributed by atoms with Gasteiger partial charge >= 0.3 is 0 Å². The first-order chi connectivity index (χ1) is 8.61. The van der Waals surface area contributed by atoms with Crippen LogP contribution in [0.5, 0.6) is 11.5 Å². The molecule has 0 aromatic heterocycles. The molecule has 18 heavy (non-hydrogen) atoms. The third-order valence-corrected chi connectivity index (χ3v) is 2.69. The second kappa shape index (κ2) is 5.04. The van der Waals surface area contributed by atoms with Crippen LogP contribution in [0.3, 0.4) is 0 Å². The van der Waals surface area contributed by atoms with Crippen LogP contribution < -0.4 is 4.74 Å². The van der Waals surface area contributed by atoms with Crippen molar-refractivity contribution >= 4 is 0 Å². The van der Waals surface area contributed by atoms with Gasteiger partial charge in [0.05, 0.1) is 7.11 Å². The van der Waals surface area contributed by atoms with Crippen LogP contribution in [0.1, 0.15) is 11.1 Å². The minimum absolute atomic E-state index is 0.00439. The molecule has 0 fully saturated rings. The highest BCUT2D eigenvalue weighted by molar-refractivity contribution is 5.43. The standard InChI is InChI=1S/C14H12F2O2/c1-18-14-8-9(5-6-13(14)17)7-10-11(15)3-2-4-12(10)16/h2-6,8,17H,7H2,1H3. The Morgan fingerprint density at radius 2 is 1.78 bits per heavy atom. The maximum absolute atomic E-state index is 13.5. The molecular formula is C14H12F2O2. The molecule has 2 rings (SSSR count). The zero-order valence-electron chi connectivity index (χ0n) is 9.78. The first-order valence-corrected chi connectivity index (χ1v) is 5.40. The molecule has 0 aliphatic rings. The van der Waals surface area contributed by atoms with E-state index in [0.29, 0.717) is 5.56 Å². The Balaban J connectivity index is 2.34. The van der Waals surface area contributed by atoms with Crippen molar-refractivity contribution in [3.63, 3.8) is 0 Å². The fraction of sp³-hybridized carbons (Fsp3) is 0.143. The van der Waals surface area contributed by atoms with E-state index in [1.807, 2.05) is 0 Å². The van der Waals surface area contributed by atoms with Crippen LogP contribution in [0.25, 0.3) is 0 Å². The van der Waals surface area contributed by atoms with E-state index in [4.69, 9.17) is 4.74 Å². The van der Waals surface area contributed by atoms with Crippen molar-refractivity contribution in [3.05, 3.63) is 59.2 Å². The number of halogens is 2. The zero-order chi connectivity index (χ0) is 13.1. The predicted octanol–water partition coefficient (Wildman–Crippen LogP) is 3.27. The Morgan fingerprint density at radius 3 is 2.39 bits per heavy atom. The van der Waals surface area contributed by atoms with Crippen LogP contribution in [0.4, 0.5) is 8.78 Å². The lowest BCUT2D eigenvalue weighted by molar-refractivity contribution is 0.373. The molecule has 4 heteroatoms. The average Bonchev–Trinajstić information content (AvgIpc) is 2.36. The summed E-state index contributed by atoms with van der Waals surface area (Å²) < 4.78 is 31.9. The van der Waals surface area contributed by atoms with E-state index < -0.39 is 11.6 Å². The van der Waals surface area contributed by atoms with Crippen molar-refractivity contribution in [1.82, 2.24) is 0 Å². The highest BCUT2D eigenvalue weighted by atomic mass is 19.1. The van der Waals surface area contributed by atoms with Gasteiger partial charge in [-0.2, -0.15) is 0 Å². The minimum Gasteiger partial charge on any atom is -0.504 e. The van der Waals surface area contributed by atoms with E-state index in [9.17, 15) is 13.9 Å². The lowest BCUT2D eigenvalue weighted by atomic mass is 10.0. The molecule has 2 nitrogen and oxygen atoms in total. The molecule has 0 saturated carbocycles. The smallest absolute Gasteiger partial charge is 0.160 e. The number of phenolic OH excluding ortho intramolecular Hbond substituents is 1. The van der Waals surface area contributed by atoms with Crippen LogP contribution in [0, 0.1) is 11.6 Å². The summed E-state index contributed by atoms with van der Waals surface area (Å²) in [5.41, 5.74) is 0.666. The van der Waals surface area contributed by atoms with Gasteiger partial charge in [-0.15, -0.1) is 0 Å². The van der Waals surface area contributed by atoms with Crippen molar-refractivity contribution in [2.45, 2.75) is 6.42 Å². The Hall–Kier alpha value is -2.10. The van der Waals surface area contributed by atoms with Gasteiger partial charge in [-0.05, 0) is 29.8 Å². The summed E-state index contributed by atoms with van der Waals surface area (Å²) in [6, 6.07) is 8.36. The quantitative estimate of drug-likeness (QED) is 0.905. The number of benzene rings is 2. The molecule has 0 radical (unpaired) electrons. The monoisotopic (exact) mass is 250 g/mol. The number of hydrogen-bond acceptors (Lipinski definition) is 2. The summed E-state index contributed by atoms with van der Waals surface area (Å²) in [6.07, 6.45) is 0.106. The van der Waals surface area contributed by atoms with Gasteiger partial charge in [0.1, 0.15) is 11.6 Å². The largest absolute Gasteiger partial charge is 0.504 e. The van der Waals surface area contributed by atoms with Gasteiger partial charge < -0.3 is 9.84 Å². The van der Waals surface area contributed by atoms with Gasteiger partial charge in [-0.1, -0.05) is 12.1 Å². The zero-order valence-corrected chi connectivity index (χ0v) is 9.78. The molecule has 0 saturated heterocycles. The first-order valence-electron chi connectivity index (χ1n) is 5.40. The maximum atomic E-state index is 13.5. The number of hydrogen-bond donors (Lipinski definition) is 1. The SMILES string of the molecule is COc1cc(Cc2c(F)cccc2F)ccc1O. The lowest BCUT2D eigenvalue weighted by Crippen LogP contribution is -1.97. The molecular weight excluding hydrogens is 238 g/mol. The molecule has 1 N–H and O–H groups in total. The van der Waals surface area contributed by atoms with Crippen molar-refractivity contribution < 1.29 is 18.6 Å². The van der Waals surface area contributed by atoms with E-state index in [1.54, 1.807) is 12.1 Å². The molecule has 0 bridgehead atoms. The summed E-state index contributed by atoms with van der Waals surface area (Å²) >= 11 is 0. The van der Waals surface area contributed by atoms with E-state index in [1.165, 1.54) is 31.4 Å². The fourth-order valence-electron chi connectivity index (χ4n) is 1.74. The predicted molar refractivity (Wildman–Crippen MR) is 63.8 cm³/mol. The molecule has 0 heterocycles. The second-order valence-corrected chi connectivity index (χ2v) is 3.88. The molecule has 2 aromatic carbocycles. The topological polar surface area (TPSA) is 29.5 Å². The van der Waals surface area contributed by atoms with Gasteiger partial charge in [-0.25, -0.2) is 8.78 Å². The van der Waals surface area contributed by atoms with E-state index in [2.05, 4.69) is 0 Å². The molecule has 94 valence electrons. The Bertz CT molecular complexity index is 547. The van der Waals surface area contributed by atoms with E-state index >= 15 is 0 Å². The number of rotatable bonds is 3. The van der Waals surface area contributed by atoms with Crippen LogP contribution >= 0.6 is 0 Å². The van der Waals surface area contributed by atoms with Crippen LogP contribution in [-0.2, 0) is 6.42 Å². The van der Waals surface area contributed by atoms with Crippen molar-refractivity contribution in [3.8, 4) is 11.5 Å². The Labute approximate surface area is 103 Å². The highest BCUT2D eigenvalue weighted by Gasteiger charge is 2.10. The summed E-state index contributed by atoms with van der Waals surface area (Å²) in [6.45, 7) is 0. The first kappa shape index (κ1) is 12.4. The van der Waals surface area contributed by atoms with Gasteiger partial charge in [0.15, 0.2) is 11.5 Å². The Kier molecular flexibility index (Phi) is 3.46. The number of phenols is 1. The van der Waals surface area contributed by atoms with Crippen LogP contribution in [-0.4, -0.2) is 12.2 Å². The van der Waals surface area contributed by atoms with Crippen molar-refractivity contribution in [1.29, 1.82) is 0 Å². The fourth-order valence-corrected chi connectivity index (χ4v) is 1.74. The van der Waals surface area contributed by atoms with E-state index in [0.717, 1.165) is 0 Å². The van der Waals surface area contributed by atoms with E-state index in [-0.39, 0.29) is 23.5 Å². The van der Waals surface area contributed by atoms with Gasteiger partial charge in [0, 0.05) is 12.0 Å². The van der Waals surface area contributed by atoms with Crippen LogP contribution in [0.2, 0.25) is 0 Å². The highest BCUT2D eigenvalue weighted by Crippen LogP contribution is 2.28. The molecule has 0 amide bonds. The molecule has 0 spiro atoms. The van der Waals surface area contributed by atoms with Crippen LogP contribution in [0.15, 0.2) is 36.4 Å². The molecule has 0 atom stereocenters. The number of ether oxygens (including phenoxy) is 1.